The van der Waals surface area contributed by atoms with E-state index >= 15 is 0 Å². The molecule has 0 spiro atoms. The summed E-state index contributed by atoms with van der Waals surface area (Å²) in [6.07, 6.45) is 7.68. The Morgan fingerprint density at radius 3 is 2.00 bits per heavy atom. The molecule has 0 N–H and O–H groups in total. The molecule has 104 valence electrons. The van der Waals surface area contributed by atoms with Crippen LogP contribution in [0.4, 0.5) is 4.39 Å². The van der Waals surface area contributed by atoms with Gasteiger partial charge in [-0.05, 0) is 30.9 Å². The molecule has 0 aliphatic heterocycles. The molecular formula is C15H13CrFO3. The van der Waals surface area contributed by atoms with Crippen molar-refractivity contribution in [1.29, 1.82) is 0 Å². The van der Waals surface area contributed by atoms with Crippen molar-refractivity contribution >= 4 is 0 Å². The molecule has 1 aromatic rings. The van der Waals surface area contributed by atoms with Crippen molar-refractivity contribution in [2.75, 3.05) is 0 Å². The van der Waals surface area contributed by atoms with Crippen molar-refractivity contribution in [3.63, 3.8) is 0 Å². The zero-order chi connectivity index (χ0) is 15.1. The second kappa shape index (κ2) is 17.6. The van der Waals surface area contributed by atoms with Gasteiger partial charge in [0.25, 0.3) is 0 Å². The van der Waals surface area contributed by atoms with Crippen molar-refractivity contribution in [2.45, 2.75) is 25.2 Å². The fraction of sp³-hybridized carbons (Fsp3) is 0.267. The first-order valence-corrected chi connectivity index (χ1v) is 5.40. The van der Waals surface area contributed by atoms with Gasteiger partial charge in [-0.2, -0.15) is 0 Å². The Labute approximate surface area is 129 Å². The summed E-state index contributed by atoms with van der Waals surface area (Å²) >= 11 is 0. The number of benzene rings is 1. The average molecular weight is 312 g/mol. The van der Waals surface area contributed by atoms with Gasteiger partial charge in [0.15, 0.2) is 0 Å². The maximum Gasteiger partial charge on any atom is 0 e. The molecule has 0 radical (unpaired) electrons. The van der Waals surface area contributed by atoms with Gasteiger partial charge in [-0.15, -0.1) is 0 Å². The van der Waals surface area contributed by atoms with Crippen LogP contribution in [-0.2, 0) is 31.3 Å². The number of halogens is 1. The smallest absolute Gasteiger partial charge is 0 e. The molecule has 1 aliphatic carbocycles. The van der Waals surface area contributed by atoms with Gasteiger partial charge in [0, 0.05) is 23.3 Å². The molecule has 0 amide bonds. The molecule has 0 heterocycles. The largest absolute Gasteiger partial charge is 0 e. The summed E-state index contributed by atoms with van der Waals surface area (Å²) in [5, 5.41) is 0. The summed E-state index contributed by atoms with van der Waals surface area (Å²) in [4.78, 5) is 0. The van der Waals surface area contributed by atoms with Crippen LogP contribution in [0.15, 0.2) is 36.4 Å². The minimum atomic E-state index is -0.0703. The van der Waals surface area contributed by atoms with Crippen LogP contribution in [0.1, 0.15) is 30.7 Å². The van der Waals surface area contributed by atoms with Gasteiger partial charge in [0.1, 0.15) is 5.82 Å². The molecule has 5 heteroatoms. The van der Waals surface area contributed by atoms with Crippen LogP contribution in [0.2, 0.25) is 0 Å². The third-order valence-electron chi connectivity index (χ3n) is 2.56. The Kier molecular flexibility index (Phi) is 20.9. The normalized spacial score (nSPS) is 14.4. The van der Waals surface area contributed by atoms with Crippen LogP contribution in [0.5, 0.6) is 0 Å². The second-order valence-electron chi connectivity index (χ2n) is 3.49. The predicted molar refractivity (Wildman–Crippen MR) is 63.9 cm³/mol. The maximum atomic E-state index is 13.3. The minimum Gasteiger partial charge on any atom is 0 e. The van der Waals surface area contributed by atoms with Crippen molar-refractivity contribution in [1.82, 2.24) is 0 Å². The van der Waals surface area contributed by atoms with Crippen LogP contribution in [-0.4, -0.2) is 0 Å². The molecule has 3 nitrogen and oxygen atoms in total. The number of rotatable bonds is 1. The number of hydrogen-bond donors (Lipinski definition) is 0. The van der Waals surface area contributed by atoms with Gasteiger partial charge < -0.3 is 0 Å². The molecule has 1 aromatic carbocycles. The minimum absolute atomic E-state index is 0. The SMILES string of the molecule is Fc1ccccc1C1C=CCCC1.[C-]#[O+].[C-]#[O+].[C-]#[O+].[Cr]. The van der Waals surface area contributed by atoms with Crippen LogP contribution in [0, 0.1) is 25.8 Å². The van der Waals surface area contributed by atoms with E-state index < -0.39 is 0 Å². The first-order chi connectivity index (χ1) is 9.38. The van der Waals surface area contributed by atoms with E-state index in [9.17, 15) is 4.39 Å². The van der Waals surface area contributed by atoms with E-state index in [-0.39, 0.29) is 23.2 Å². The summed E-state index contributed by atoms with van der Waals surface area (Å²) in [7, 11) is 0. The fourth-order valence-corrected chi connectivity index (χ4v) is 1.85. The van der Waals surface area contributed by atoms with E-state index in [1.807, 2.05) is 12.1 Å². The molecular weight excluding hydrogens is 299 g/mol. The zero-order valence-electron chi connectivity index (χ0n) is 10.7. The summed E-state index contributed by atoms with van der Waals surface area (Å²) in [6, 6.07) is 7.07. The van der Waals surface area contributed by atoms with Crippen molar-refractivity contribution in [2.24, 2.45) is 0 Å². The summed E-state index contributed by atoms with van der Waals surface area (Å²) in [6.45, 7) is 13.5. The first kappa shape index (κ1) is 23.7. The van der Waals surface area contributed by atoms with Gasteiger partial charge in [0.2, 0.25) is 0 Å². The average Bonchev–Trinajstić information content (AvgIpc) is 2.54. The summed E-state index contributed by atoms with van der Waals surface area (Å²) in [5.74, 6) is 0.231. The topological polar surface area (TPSA) is 59.7 Å². The Balaban J connectivity index is -0.000000368. The molecule has 1 unspecified atom stereocenters. The molecule has 0 saturated carbocycles. The monoisotopic (exact) mass is 312 g/mol. The Bertz CT molecular complexity index is 424. The molecule has 0 aromatic heterocycles. The zero-order valence-corrected chi connectivity index (χ0v) is 11.9. The van der Waals surface area contributed by atoms with Crippen molar-refractivity contribution in [3.8, 4) is 0 Å². The molecule has 2 rings (SSSR count). The Morgan fingerprint density at radius 1 is 1.00 bits per heavy atom. The van der Waals surface area contributed by atoms with Gasteiger partial charge in [-0.3, -0.25) is 0 Å². The molecule has 0 fully saturated rings. The van der Waals surface area contributed by atoms with Crippen molar-refractivity contribution < 1.29 is 35.7 Å². The van der Waals surface area contributed by atoms with Crippen LogP contribution in [0.25, 0.3) is 0 Å². The number of allylic oxidation sites excluding steroid dienone is 2. The third-order valence-corrected chi connectivity index (χ3v) is 2.56. The Hall–Kier alpha value is -1.36. The predicted octanol–water partition coefficient (Wildman–Crippen LogP) is 3.53. The third kappa shape index (κ3) is 8.69. The number of hydrogen-bond acceptors (Lipinski definition) is 0. The van der Waals surface area contributed by atoms with Crippen LogP contribution < -0.4 is 0 Å². The van der Waals surface area contributed by atoms with E-state index in [1.54, 1.807) is 6.07 Å². The summed E-state index contributed by atoms with van der Waals surface area (Å²) < 4.78 is 35.8. The molecule has 1 atom stereocenters. The Morgan fingerprint density at radius 2 is 1.55 bits per heavy atom. The van der Waals surface area contributed by atoms with Gasteiger partial charge >= 0.3 is 33.9 Å². The van der Waals surface area contributed by atoms with Crippen LogP contribution >= 0.6 is 0 Å². The van der Waals surface area contributed by atoms with E-state index in [0.29, 0.717) is 5.92 Å². The maximum absolute atomic E-state index is 13.3. The quantitative estimate of drug-likeness (QED) is 0.433. The van der Waals surface area contributed by atoms with E-state index in [2.05, 4.69) is 32.1 Å². The molecule has 0 saturated heterocycles. The molecule has 20 heavy (non-hydrogen) atoms. The van der Waals surface area contributed by atoms with Gasteiger partial charge in [-0.1, -0.05) is 30.4 Å². The fourth-order valence-electron chi connectivity index (χ4n) is 1.85. The van der Waals surface area contributed by atoms with Gasteiger partial charge in [-0.25, -0.2) is 4.39 Å². The van der Waals surface area contributed by atoms with Crippen LogP contribution in [0.3, 0.4) is 0 Å². The summed E-state index contributed by atoms with van der Waals surface area (Å²) in [5.41, 5.74) is 0.846. The first-order valence-electron chi connectivity index (χ1n) is 5.40. The standard InChI is InChI=1S/C12H13F.3CO.Cr/c13-12-9-5-4-8-11(12)10-6-2-1-3-7-10;3*1-2;/h2,4-6,8-10H,1,3,7H2;;;;. The van der Waals surface area contributed by atoms with Gasteiger partial charge in [0.05, 0.1) is 0 Å². The van der Waals surface area contributed by atoms with Crippen molar-refractivity contribution in [3.05, 3.63) is 67.7 Å². The van der Waals surface area contributed by atoms with E-state index in [0.717, 1.165) is 18.4 Å². The van der Waals surface area contributed by atoms with E-state index in [1.165, 1.54) is 12.5 Å². The van der Waals surface area contributed by atoms with E-state index in [4.69, 9.17) is 14.0 Å². The molecule has 1 aliphatic rings. The molecule has 0 bridgehead atoms. The second-order valence-corrected chi connectivity index (χ2v) is 3.49.